The molecule has 0 aromatic carbocycles. The fourth-order valence-electron chi connectivity index (χ4n) is 4.67. The fraction of sp³-hybridized carbons (Fsp3) is 0.455. The van der Waals surface area contributed by atoms with Gasteiger partial charge < -0.3 is 14.9 Å². The zero-order valence-corrected chi connectivity index (χ0v) is 18.6. The maximum Gasteiger partial charge on any atom is 0.290 e. The lowest BCUT2D eigenvalue weighted by molar-refractivity contribution is -0.135. The van der Waals surface area contributed by atoms with Gasteiger partial charge in [-0.2, -0.15) is 0 Å². The highest BCUT2D eigenvalue weighted by Crippen LogP contribution is 2.41. The summed E-state index contributed by atoms with van der Waals surface area (Å²) in [6.07, 6.45) is 0.777. The van der Waals surface area contributed by atoms with Crippen LogP contribution in [0.3, 0.4) is 0 Å². The summed E-state index contributed by atoms with van der Waals surface area (Å²) in [5.74, 6) is 0.177. The second kappa shape index (κ2) is 9.29. The molecular formula is C22H27N5O5. The lowest BCUT2D eigenvalue weighted by Crippen LogP contribution is -2.54. The van der Waals surface area contributed by atoms with Crippen LogP contribution in [0.2, 0.25) is 0 Å². The van der Waals surface area contributed by atoms with Crippen molar-refractivity contribution in [2.75, 3.05) is 27.2 Å². The Hall–Kier alpha value is -3.56. The molecule has 4 rings (SSSR count). The second-order valence-electron chi connectivity index (χ2n) is 8.29. The van der Waals surface area contributed by atoms with Gasteiger partial charge in [-0.3, -0.25) is 23.7 Å². The van der Waals surface area contributed by atoms with Crippen molar-refractivity contribution in [3.05, 3.63) is 57.5 Å². The number of pyridine rings is 1. The van der Waals surface area contributed by atoms with E-state index >= 15 is 0 Å². The smallest absolute Gasteiger partial charge is 0.290 e. The number of hydrogen-bond acceptors (Lipinski definition) is 6. The number of carboxylic acid groups (broad SMARTS) is 1. The number of rotatable bonds is 2. The first kappa shape index (κ1) is 23.1. The maximum atomic E-state index is 13.2. The molecule has 0 saturated carbocycles. The number of carbonyl (C=O) groups excluding carboxylic acids is 2. The average Bonchev–Trinajstić information content (AvgIpc) is 2.73. The number of amides is 2. The first-order valence-electron chi connectivity index (χ1n) is 10.3. The predicted molar refractivity (Wildman–Crippen MR) is 115 cm³/mol. The Morgan fingerprint density at radius 3 is 2.50 bits per heavy atom. The van der Waals surface area contributed by atoms with Crippen LogP contribution in [-0.4, -0.2) is 74.9 Å². The number of likely N-dealkylation sites (N-methyl/N-ethyl adjacent to an activating group) is 1. The minimum Gasteiger partial charge on any atom is -0.483 e. The number of carbonyl (C=O) groups is 3. The first-order valence-corrected chi connectivity index (χ1v) is 10.3. The molecule has 2 amide bonds. The monoisotopic (exact) mass is 441 g/mol. The molecule has 2 aliphatic heterocycles. The van der Waals surface area contributed by atoms with Gasteiger partial charge in [0, 0.05) is 56.5 Å². The van der Waals surface area contributed by atoms with Crippen LogP contribution in [0.4, 0.5) is 0 Å². The van der Waals surface area contributed by atoms with E-state index in [1.165, 1.54) is 11.0 Å². The summed E-state index contributed by atoms with van der Waals surface area (Å²) in [5, 5.41) is 6.89. The van der Waals surface area contributed by atoms with E-state index in [9.17, 15) is 14.4 Å². The second-order valence-corrected chi connectivity index (χ2v) is 8.29. The van der Waals surface area contributed by atoms with Gasteiger partial charge in [-0.15, -0.1) is 0 Å². The zero-order chi connectivity index (χ0) is 23.6. The van der Waals surface area contributed by atoms with Gasteiger partial charge in [0.05, 0.1) is 0 Å². The Labute approximate surface area is 185 Å². The fourth-order valence-corrected chi connectivity index (χ4v) is 4.67. The maximum absolute atomic E-state index is 13.2. The van der Waals surface area contributed by atoms with Gasteiger partial charge in [0.2, 0.25) is 5.91 Å². The molecule has 170 valence electrons. The molecule has 2 aromatic rings. The number of likely N-dealkylation sites (tertiary alicyclic amines) is 1. The number of piperidine rings is 1. The average molecular weight is 441 g/mol. The number of nitrogens with zero attached hydrogens (tertiary/aromatic N) is 5. The van der Waals surface area contributed by atoms with Crippen molar-refractivity contribution in [1.82, 2.24) is 24.3 Å². The highest BCUT2D eigenvalue weighted by molar-refractivity contribution is 5.92. The molecule has 1 saturated heterocycles. The third-order valence-electron chi connectivity index (χ3n) is 5.81. The lowest BCUT2D eigenvalue weighted by atomic mass is 9.78. The number of hydrogen-bond donors (Lipinski definition) is 1. The van der Waals surface area contributed by atoms with Crippen LogP contribution in [0.5, 0.6) is 0 Å². The van der Waals surface area contributed by atoms with Gasteiger partial charge in [-0.25, -0.2) is 9.97 Å². The van der Waals surface area contributed by atoms with Crippen LogP contribution in [0, 0.1) is 19.8 Å². The van der Waals surface area contributed by atoms with Crippen LogP contribution in [0.15, 0.2) is 29.1 Å². The predicted octanol–water partition coefficient (Wildman–Crippen LogP) is 0.845. The highest BCUT2D eigenvalue weighted by Gasteiger charge is 2.45. The largest absolute Gasteiger partial charge is 0.483 e. The van der Waals surface area contributed by atoms with Crippen molar-refractivity contribution in [2.24, 2.45) is 5.92 Å². The van der Waals surface area contributed by atoms with Gasteiger partial charge in [0.1, 0.15) is 17.6 Å². The van der Waals surface area contributed by atoms with E-state index in [1.54, 1.807) is 42.6 Å². The Morgan fingerprint density at radius 2 is 1.88 bits per heavy atom. The quantitative estimate of drug-likeness (QED) is 0.685. The molecule has 1 N–H and O–H groups in total. The third kappa shape index (κ3) is 4.39. The van der Waals surface area contributed by atoms with Crippen molar-refractivity contribution in [1.29, 1.82) is 0 Å². The van der Waals surface area contributed by atoms with E-state index in [0.717, 1.165) is 17.8 Å². The third-order valence-corrected chi connectivity index (χ3v) is 5.81. The molecule has 3 atom stereocenters. The Morgan fingerprint density at radius 1 is 1.19 bits per heavy atom. The first-order chi connectivity index (χ1) is 15.2. The summed E-state index contributed by atoms with van der Waals surface area (Å²) in [4.78, 5) is 59.0. The van der Waals surface area contributed by atoms with Crippen LogP contribution in [0.25, 0.3) is 0 Å². The molecule has 1 fully saturated rings. The summed E-state index contributed by atoms with van der Waals surface area (Å²) in [7, 11) is 3.39. The molecule has 32 heavy (non-hydrogen) atoms. The van der Waals surface area contributed by atoms with Crippen molar-refractivity contribution >= 4 is 18.3 Å². The summed E-state index contributed by atoms with van der Waals surface area (Å²) in [6.45, 7) is 4.28. The lowest BCUT2D eigenvalue weighted by Gasteiger charge is -2.46. The van der Waals surface area contributed by atoms with Gasteiger partial charge in [0.25, 0.3) is 17.9 Å². The van der Waals surface area contributed by atoms with E-state index in [-0.39, 0.29) is 35.7 Å². The Kier molecular flexibility index (Phi) is 6.71. The summed E-state index contributed by atoms with van der Waals surface area (Å²) < 4.78 is 1.64. The zero-order valence-electron chi connectivity index (χ0n) is 18.6. The molecule has 0 spiro atoms. The van der Waals surface area contributed by atoms with E-state index in [4.69, 9.17) is 9.90 Å². The van der Waals surface area contributed by atoms with Crippen LogP contribution < -0.4 is 5.56 Å². The number of aryl methyl sites for hydroxylation is 2. The molecule has 2 aromatic heterocycles. The van der Waals surface area contributed by atoms with Crippen LogP contribution >= 0.6 is 0 Å². The molecule has 0 radical (unpaired) electrons. The summed E-state index contributed by atoms with van der Waals surface area (Å²) >= 11 is 0. The molecule has 10 heteroatoms. The topological polar surface area (TPSA) is 126 Å². The SMILES string of the molecule is Cc1cc(C(=O)N2C[C@H]3C[C@@H](C2)[C@H](C(=O)N(C)C)n2c3cccc2=O)nc(C)n1.O=CO. The van der Waals surface area contributed by atoms with E-state index in [2.05, 4.69) is 9.97 Å². The van der Waals surface area contributed by atoms with Crippen molar-refractivity contribution in [2.45, 2.75) is 32.2 Å². The van der Waals surface area contributed by atoms with Gasteiger partial charge in [-0.1, -0.05) is 6.07 Å². The van der Waals surface area contributed by atoms with Crippen LogP contribution in [0.1, 0.15) is 46.1 Å². The van der Waals surface area contributed by atoms with Crippen molar-refractivity contribution in [3.63, 3.8) is 0 Å². The molecule has 0 unspecified atom stereocenters. The van der Waals surface area contributed by atoms with E-state index < -0.39 is 6.04 Å². The Balaban J connectivity index is 0.000000913. The van der Waals surface area contributed by atoms with Crippen molar-refractivity contribution < 1.29 is 19.5 Å². The van der Waals surface area contributed by atoms with Gasteiger partial charge >= 0.3 is 0 Å². The molecule has 2 bridgehead atoms. The van der Waals surface area contributed by atoms with Crippen LogP contribution in [-0.2, 0) is 9.59 Å². The normalized spacial score (nSPS) is 21.0. The van der Waals surface area contributed by atoms with Gasteiger partial charge in [0.15, 0.2) is 0 Å². The van der Waals surface area contributed by atoms with Crippen molar-refractivity contribution in [3.8, 4) is 0 Å². The minimum atomic E-state index is -0.602. The molecular weight excluding hydrogens is 414 g/mol. The molecule has 2 aliphatic rings. The van der Waals surface area contributed by atoms with E-state index in [0.29, 0.717) is 24.6 Å². The van der Waals surface area contributed by atoms with E-state index in [1.807, 2.05) is 13.0 Å². The summed E-state index contributed by atoms with van der Waals surface area (Å²) in [6, 6.07) is 6.21. The van der Waals surface area contributed by atoms with Gasteiger partial charge in [-0.05, 0) is 32.4 Å². The number of fused-ring (bicyclic) bond motifs is 4. The number of aromatic nitrogens is 3. The summed E-state index contributed by atoms with van der Waals surface area (Å²) in [5.41, 5.74) is 1.77. The Bertz CT molecular complexity index is 1080. The molecule has 4 heterocycles. The molecule has 10 nitrogen and oxygen atoms in total. The highest BCUT2D eigenvalue weighted by atomic mass is 16.3. The minimum absolute atomic E-state index is 0.0156. The molecule has 0 aliphatic carbocycles. The standard InChI is InChI=1S/C21H25N5O3.CH2O2/c1-12-8-16(23-13(2)22-12)20(28)25-10-14-9-15(11-25)19(21(29)24(3)4)26-17(14)6-5-7-18(26)27;2-1-3/h5-8,14-15,19H,9-11H2,1-4H3;1H,(H,2,3)/t14-,15+,19-;/m1./s1.